The molecule has 3 aromatic rings. The monoisotopic (exact) mass is 280 g/mol. The molecule has 1 aromatic carbocycles. The fraction of sp³-hybridized carbons (Fsp3) is 0.125. The molecule has 0 aliphatic rings. The highest BCUT2D eigenvalue weighted by Crippen LogP contribution is 2.25. The molecule has 21 heavy (non-hydrogen) atoms. The number of nitrogens with one attached hydrogen (secondary N) is 2. The number of nitrogens with zero attached hydrogens (tertiary/aromatic N) is 2. The lowest BCUT2D eigenvalue weighted by molar-refractivity contribution is 0.262. The Labute approximate surface area is 122 Å². The van der Waals surface area contributed by atoms with Crippen LogP contribution in [0.2, 0.25) is 0 Å². The number of hydrogen-bond acceptors (Lipinski definition) is 2. The summed E-state index contributed by atoms with van der Waals surface area (Å²) in [5, 5.41) is 6.64. The third kappa shape index (κ3) is 2.58. The van der Waals surface area contributed by atoms with Gasteiger partial charge in [-0.3, -0.25) is 5.32 Å². The van der Waals surface area contributed by atoms with Crippen LogP contribution in [0.25, 0.3) is 10.9 Å². The topological polar surface area (TPSA) is 59.0 Å². The Morgan fingerprint density at radius 1 is 1.14 bits per heavy atom. The maximum atomic E-state index is 12.1. The van der Waals surface area contributed by atoms with Crippen molar-refractivity contribution < 1.29 is 4.79 Å². The SMILES string of the molecule is Cc1cccnc1NC(=O)Nc1cn(C)c2ccccc12. The lowest BCUT2D eigenvalue weighted by atomic mass is 10.2. The van der Waals surface area contributed by atoms with Crippen molar-refractivity contribution in [3.05, 3.63) is 54.4 Å². The number of carbonyl (C=O) groups is 1. The molecule has 0 saturated heterocycles. The zero-order valence-electron chi connectivity index (χ0n) is 11.9. The highest BCUT2D eigenvalue weighted by molar-refractivity contribution is 6.05. The Kier molecular flexibility index (Phi) is 3.31. The number of benzene rings is 1. The first kappa shape index (κ1) is 13.2. The number of amides is 2. The van der Waals surface area contributed by atoms with E-state index in [2.05, 4.69) is 15.6 Å². The van der Waals surface area contributed by atoms with Gasteiger partial charge in [0.15, 0.2) is 0 Å². The molecule has 2 N–H and O–H groups in total. The second kappa shape index (κ2) is 5.28. The molecule has 3 rings (SSSR count). The fourth-order valence-electron chi connectivity index (χ4n) is 2.32. The standard InChI is InChI=1S/C16H16N4O/c1-11-6-5-9-17-15(11)19-16(21)18-13-10-20(2)14-8-4-3-7-12(13)14/h3-10H,1-2H3,(H2,17,18,19,21). The second-order valence-corrected chi connectivity index (χ2v) is 4.92. The maximum absolute atomic E-state index is 12.1. The molecule has 2 aromatic heterocycles. The van der Waals surface area contributed by atoms with Crippen LogP contribution in [0.3, 0.4) is 0 Å². The van der Waals surface area contributed by atoms with E-state index in [-0.39, 0.29) is 6.03 Å². The molecule has 0 unspecified atom stereocenters. The zero-order chi connectivity index (χ0) is 14.8. The number of fused-ring (bicyclic) bond motifs is 1. The first-order chi connectivity index (χ1) is 10.1. The Balaban J connectivity index is 1.82. The summed E-state index contributed by atoms with van der Waals surface area (Å²) in [5.41, 5.74) is 2.77. The number of aromatic nitrogens is 2. The third-order valence-electron chi connectivity index (χ3n) is 3.39. The normalized spacial score (nSPS) is 10.6. The Morgan fingerprint density at radius 3 is 2.76 bits per heavy atom. The van der Waals surface area contributed by atoms with Gasteiger partial charge < -0.3 is 9.88 Å². The lowest BCUT2D eigenvalue weighted by Gasteiger charge is -2.07. The summed E-state index contributed by atoms with van der Waals surface area (Å²) in [6, 6.07) is 11.4. The van der Waals surface area contributed by atoms with Crippen LogP contribution in [0.4, 0.5) is 16.3 Å². The van der Waals surface area contributed by atoms with Gasteiger partial charge in [0.2, 0.25) is 0 Å². The fourth-order valence-corrected chi connectivity index (χ4v) is 2.32. The summed E-state index contributed by atoms with van der Waals surface area (Å²) in [6.45, 7) is 1.90. The van der Waals surface area contributed by atoms with E-state index in [9.17, 15) is 4.79 Å². The van der Waals surface area contributed by atoms with Gasteiger partial charge >= 0.3 is 6.03 Å². The van der Waals surface area contributed by atoms with E-state index in [0.717, 1.165) is 22.2 Å². The Bertz CT molecular complexity index is 807. The van der Waals surface area contributed by atoms with Gasteiger partial charge in [-0.1, -0.05) is 24.3 Å². The molecular formula is C16H16N4O. The number of anilines is 2. The molecule has 0 atom stereocenters. The molecule has 2 heterocycles. The molecule has 0 fully saturated rings. The molecule has 0 spiro atoms. The summed E-state index contributed by atoms with van der Waals surface area (Å²) in [6.07, 6.45) is 3.55. The average Bonchev–Trinajstić information content (AvgIpc) is 2.79. The molecular weight excluding hydrogens is 264 g/mol. The molecule has 5 nitrogen and oxygen atoms in total. The van der Waals surface area contributed by atoms with Gasteiger partial charge in [-0.05, 0) is 24.6 Å². The predicted molar refractivity (Wildman–Crippen MR) is 84.5 cm³/mol. The van der Waals surface area contributed by atoms with Crippen LogP contribution >= 0.6 is 0 Å². The summed E-state index contributed by atoms with van der Waals surface area (Å²) in [5.74, 6) is 0.565. The van der Waals surface area contributed by atoms with Crippen molar-refractivity contribution >= 4 is 28.4 Å². The van der Waals surface area contributed by atoms with E-state index in [1.807, 2.05) is 61.1 Å². The number of carbonyl (C=O) groups excluding carboxylic acids is 1. The van der Waals surface area contributed by atoms with E-state index in [4.69, 9.17) is 0 Å². The van der Waals surface area contributed by atoms with Crippen molar-refractivity contribution in [2.24, 2.45) is 7.05 Å². The van der Waals surface area contributed by atoms with Crippen molar-refractivity contribution in [1.82, 2.24) is 9.55 Å². The van der Waals surface area contributed by atoms with Crippen molar-refractivity contribution in [3.8, 4) is 0 Å². The lowest BCUT2D eigenvalue weighted by Crippen LogP contribution is -2.20. The highest BCUT2D eigenvalue weighted by Gasteiger charge is 2.10. The van der Waals surface area contributed by atoms with Gasteiger partial charge in [-0.25, -0.2) is 9.78 Å². The van der Waals surface area contributed by atoms with E-state index in [0.29, 0.717) is 5.82 Å². The van der Waals surface area contributed by atoms with Gasteiger partial charge in [0, 0.05) is 30.3 Å². The molecule has 0 saturated carbocycles. The third-order valence-corrected chi connectivity index (χ3v) is 3.39. The molecule has 0 aliphatic carbocycles. The molecule has 0 radical (unpaired) electrons. The quantitative estimate of drug-likeness (QED) is 0.754. The zero-order valence-corrected chi connectivity index (χ0v) is 11.9. The molecule has 5 heteroatoms. The van der Waals surface area contributed by atoms with Crippen molar-refractivity contribution in [2.45, 2.75) is 6.92 Å². The summed E-state index contributed by atoms with van der Waals surface area (Å²) in [4.78, 5) is 16.3. The molecule has 0 aliphatic heterocycles. The number of para-hydroxylation sites is 1. The van der Waals surface area contributed by atoms with Crippen LogP contribution in [0, 0.1) is 6.92 Å². The van der Waals surface area contributed by atoms with Crippen LogP contribution in [-0.4, -0.2) is 15.6 Å². The van der Waals surface area contributed by atoms with Gasteiger partial charge in [0.05, 0.1) is 5.69 Å². The number of pyridine rings is 1. The molecule has 106 valence electrons. The van der Waals surface area contributed by atoms with Gasteiger partial charge in [-0.15, -0.1) is 0 Å². The number of aryl methyl sites for hydroxylation is 2. The minimum absolute atomic E-state index is 0.298. The summed E-state index contributed by atoms with van der Waals surface area (Å²) in [7, 11) is 1.95. The molecule has 0 bridgehead atoms. The van der Waals surface area contributed by atoms with Crippen LogP contribution in [-0.2, 0) is 7.05 Å². The second-order valence-electron chi connectivity index (χ2n) is 4.92. The average molecular weight is 280 g/mol. The van der Waals surface area contributed by atoms with Crippen LogP contribution in [0.15, 0.2) is 48.8 Å². The first-order valence-corrected chi connectivity index (χ1v) is 6.69. The first-order valence-electron chi connectivity index (χ1n) is 6.69. The van der Waals surface area contributed by atoms with Crippen molar-refractivity contribution in [2.75, 3.05) is 10.6 Å². The summed E-state index contributed by atoms with van der Waals surface area (Å²) < 4.78 is 1.98. The maximum Gasteiger partial charge on any atom is 0.324 e. The Hall–Kier alpha value is -2.82. The Morgan fingerprint density at radius 2 is 1.95 bits per heavy atom. The van der Waals surface area contributed by atoms with Crippen molar-refractivity contribution in [1.29, 1.82) is 0 Å². The van der Waals surface area contributed by atoms with Crippen LogP contribution in [0.1, 0.15) is 5.56 Å². The smallest absolute Gasteiger partial charge is 0.324 e. The van der Waals surface area contributed by atoms with E-state index in [1.54, 1.807) is 6.20 Å². The number of urea groups is 1. The van der Waals surface area contributed by atoms with E-state index in [1.165, 1.54) is 0 Å². The van der Waals surface area contributed by atoms with Gasteiger partial charge in [-0.2, -0.15) is 0 Å². The summed E-state index contributed by atoms with van der Waals surface area (Å²) >= 11 is 0. The van der Waals surface area contributed by atoms with E-state index < -0.39 is 0 Å². The number of rotatable bonds is 2. The van der Waals surface area contributed by atoms with Crippen molar-refractivity contribution in [3.63, 3.8) is 0 Å². The van der Waals surface area contributed by atoms with E-state index >= 15 is 0 Å². The highest BCUT2D eigenvalue weighted by atomic mass is 16.2. The predicted octanol–water partition coefficient (Wildman–Crippen LogP) is 3.53. The minimum Gasteiger partial charge on any atom is -0.348 e. The number of hydrogen-bond donors (Lipinski definition) is 2. The largest absolute Gasteiger partial charge is 0.348 e. The molecule has 2 amide bonds. The van der Waals surface area contributed by atoms with Gasteiger partial charge in [0.1, 0.15) is 5.82 Å². The van der Waals surface area contributed by atoms with Crippen LogP contribution < -0.4 is 10.6 Å². The minimum atomic E-state index is -0.298. The van der Waals surface area contributed by atoms with Gasteiger partial charge in [0.25, 0.3) is 0 Å². The van der Waals surface area contributed by atoms with Crippen LogP contribution in [0.5, 0.6) is 0 Å².